The molecule has 2 amide bonds. The Balaban J connectivity index is 1.17. The van der Waals surface area contributed by atoms with E-state index < -0.39 is 5.97 Å². The number of imidazole rings is 2. The standard InChI is InChI=1S/C28H33N9O4/c1-3-40-26(38)18-6-4-5-7-23(18)41-13-11-31-28(39)37-12-10-20-22(15-37)36-25(34-20)16(2)24-33-19-9-8-17(32-27(29)30)14-21(19)35-24/h4-9,14,16H,3,10-13,15H2,1-2H3,(H,31,39)(H,33,35)(H,34,36)(H4,29,30,32). The molecule has 0 fully saturated rings. The van der Waals surface area contributed by atoms with Crippen molar-refractivity contribution in [2.75, 3.05) is 26.3 Å². The number of amides is 2. The number of carbonyl (C=O) groups is 2. The smallest absolute Gasteiger partial charge is 0.341 e. The summed E-state index contributed by atoms with van der Waals surface area (Å²) in [7, 11) is 0. The summed E-state index contributed by atoms with van der Waals surface area (Å²) in [6.45, 7) is 5.49. The van der Waals surface area contributed by atoms with Gasteiger partial charge >= 0.3 is 12.0 Å². The number of nitrogens with two attached hydrogens (primary N) is 2. The molecule has 0 aliphatic carbocycles. The maximum absolute atomic E-state index is 12.8. The van der Waals surface area contributed by atoms with E-state index in [1.165, 1.54) is 0 Å². The third-order valence-corrected chi connectivity index (χ3v) is 6.72. The number of ether oxygens (including phenoxy) is 2. The van der Waals surface area contributed by atoms with Gasteiger partial charge in [-0.1, -0.05) is 12.1 Å². The van der Waals surface area contributed by atoms with Crippen LogP contribution in [-0.2, 0) is 17.7 Å². The Kier molecular flexibility index (Phi) is 8.04. The number of urea groups is 1. The molecule has 13 heteroatoms. The molecule has 214 valence electrons. The summed E-state index contributed by atoms with van der Waals surface area (Å²) in [5, 5.41) is 2.89. The topological polar surface area (TPSA) is 190 Å². The number of hydrogen-bond donors (Lipinski definition) is 5. The zero-order valence-corrected chi connectivity index (χ0v) is 22.9. The molecule has 7 N–H and O–H groups in total. The number of para-hydroxylation sites is 1. The molecule has 1 unspecified atom stereocenters. The van der Waals surface area contributed by atoms with Crippen molar-refractivity contribution in [2.45, 2.75) is 32.7 Å². The number of aromatic nitrogens is 4. The molecule has 13 nitrogen and oxygen atoms in total. The fourth-order valence-electron chi connectivity index (χ4n) is 4.67. The molecule has 0 spiro atoms. The van der Waals surface area contributed by atoms with Crippen LogP contribution in [0, 0.1) is 0 Å². The zero-order chi connectivity index (χ0) is 28.9. The number of aliphatic imine (C=N–C) groups is 1. The van der Waals surface area contributed by atoms with Gasteiger partial charge in [-0.15, -0.1) is 0 Å². The van der Waals surface area contributed by atoms with Crippen LogP contribution < -0.4 is 21.5 Å². The molecule has 0 saturated carbocycles. The van der Waals surface area contributed by atoms with Gasteiger partial charge in [-0.05, 0) is 44.2 Å². The molecule has 1 aliphatic rings. The van der Waals surface area contributed by atoms with Crippen molar-refractivity contribution in [1.82, 2.24) is 30.2 Å². The van der Waals surface area contributed by atoms with Crippen LogP contribution in [0.25, 0.3) is 11.0 Å². The number of fused-ring (bicyclic) bond motifs is 2. The Morgan fingerprint density at radius 1 is 1.15 bits per heavy atom. The summed E-state index contributed by atoms with van der Waals surface area (Å²) in [5.41, 5.74) is 15.4. The lowest BCUT2D eigenvalue weighted by Crippen LogP contribution is -2.44. The average molecular weight is 560 g/mol. The van der Waals surface area contributed by atoms with Crippen LogP contribution in [-0.4, -0.2) is 69.1 Å². The number of esters is 1. The van der Waals surface area contributed by atoms with Gasteiger partial charge in [0.25, 0.3) is 0 Å². The predicted octanol–water partition coefficient (Wildman–Crippen LogP) is 2.67. The van der Waals surface area contributed by atoms with E-state index in [1.807, 2.05) is 19.1 Å². The first-order valence-electron chi connectivity index (χ1n) is 13.4. The average Bonchev–Trinajstić information content (AvgIpc) is 3.58. The molecular formula is C28H33N9O4. The van der Waals surface area contributed by atoms with Crippen molar-refractivity contribution in [3.63, 3.8) is 0 Å². The van der Waals surface area contributed by atoms with Gasteiger partial charge in [0.1, 0.15) is 29.6 Å². The summed E-state index contributed by atoms with van der Waals surface area (Å²) in [4.78, 5) is 47.0. The molecule has 4 aromatic rings. The van der Waals surface area contributed by atoms with E-state index in [9.17, 15) is 9.59 Å². The quantitative estimate of drug-likeness (QED) is 0.0895. The maximum Gasteiger partial charge on any atom is 0.341 e. The maximum atomic E-state index is 12.8. The minimum Gasteiger partial charge on any atom is -0.491 e. The number of aromatic amines is 2. The largest absolute Gasteiger partial charge is 0.491 e. The number of guanidine groups is 1. The number of hydrogen-bond acceptors (Lipinski definition) is 7. The Morgan fingerprint density at radius 2 is 1.95 bits per heavy atom. The first-order valence-corrected chi connectivity index (χ1v) is 13.4. The van der Waals surface area contributed by atoms with Crippen molar-refractivity contribution in [2.24, 2.45) is 16.5 Å². The van der Waals surface area contributed by atoms with Crippen molar-refractivity contribution in [3.8, 4) is 5.75 Å². The van der Waals surface area contributed by atoms with Gasteiger partial charge in [0.05, 0.1) is 53.7 Å². The SMILES string of the molecule is CCOC(=O)c1ccccc1OCCNC(=O)N1CCc2nc(C(C)c3nc4ccc(N=C(N)N)cc4[nH]3)[nH]c2C1. The molecule has 0 radical (unpaired) electrons. The highest BCUT2D eigenvalue weighted by atomic mass is 16.5. The van der Waals surface area contributed by atoms with Crippen molar-refractivity contribution in [3.05, 3.63) is 71.1 Å². The van der Waals surface area contributed by atoms with E-state index in [0.717, 1.165) is 34.1 Å². The monoisotopic (exact) mass is 559 g/mol. The number of rotatable bonds is 9. The van der Waals surface area contributed by atoms with Crippen molar-refractivity contribution >= 4 is 34.7 Å². The van der Waals surface area contributed by atoms with Gasteiger partial charge < -0.3 is 41.1 Å². The second-order valence-corrected chi connectivity index (χ2v) is 9.60. The Morgan fingerprint density at radius 3 is 2.76 bits per heavy atom. The Labute approximate surface area is 236 Å². The minimum atomic E-state index is -0.443. The van der Waals surface area contributed by atoms with E-state index in [2.05, 4.69) is 20.3 Å². The number of H-pyrrole nitrogens is 2. The van der Waals surface area contributed by atoms with E-state index in [0.29, 0.717) is 36.5 Å². The van der Waals surface area contributed by atoms with Crippen LogP contribution in [0.15, 0.2) is 47.5 Å². The van der Waals surface area contributed by atoms with Gasteiger partial charge in [0.2, 0.25) is 0 Å². The summed E-state index contributed by atoms with van der Waals surface area (Å²) >= 11 is 0. The van der Waals surface area contributed by atoms with Crippen LogP contribution in [0.1, 0.15) is 53.2 Å². The number of benzene rings is 2. The lowest BCUT2D eigenvalue weighted by molar-refractivity contribution is 0.0521. The zero-order valence-electron chi connectivity index (χ0n) is 22.9. The summed E-state index contributed by atoms with van der Waals surface area (Å²) in [6, 6.07) is 12.2. The first-order chi connectivity index (χ1) is 19.8. The molecular weight excluding hydrogens is 526 g/mol. The van der Waals surface area contributed by atoms with Crippen LogP contribution in [0.3, 0.4) is 0 Å². The van der Waals surface area contributed by atoms with Crippen LogP contribution in [0.2, 0.25) is 0 Å². The van der Waals surface area contributed by atoms with Crippen LogP contribution in [0.4, 0.5) is 10.5 Å². The normalized spacial score (nSPS) is 13.4. The predicted molar refractivity (Wildman–Crippen MR) is 153 cm³/mol. The van der Waals surface area contributed by atoms with E-state index >= 15 is 0 Å². The molecule has 1 aliphatic heterocycles. The second kappa shape index (κ2) is 12.0. The molecule has 0 bridgehead atoms. The van der Waals surface area contributed by atoms with Gasteiger partial charge in [-0.3, -0.25) is 0 Å². The highest BCUT2D eigenvalue weighted by molar-refractivity contribution is 5.92. The number of nitrogens with one attached hydrogen (secondary N) is 3. The molecule has 41 heavy (non-hydrogen) atoms. The molecule has 3 heterocycles. The van der Waals surface area contributed by atoms with E-state index in [4.69, 9.17) is 30.9 Å². The van der Waals surface area contributed by atoms with Crippen LogP contribution in [0.5, 0.6) is 5.75 Å². The van der Waals surface area contributed by atoms with Crippen molar-refractivity contribution < 1.29 is 19.1 Å². The molecule has 2 aromatic carbocycles. The summed E-state index contributed by atoms with van der Waals surface area (Å²) in [6.07, 6.45) is 0.636. The Bertz CT molecular complexity index is 1590. The fraction of sp³-hybridized carbons (Fsp3) is 0.321. The van der Waals surface area contributed by atoms with Gasteiger partial charge in [0, 0.05) is 13.0 Å². The lowest BCUT2D eigenvalue weighted by Gasteiger charge is -2.26. The molecule has 2 aromatic heterocycles. The van der Waals surface area contributed by atoms with Crippen molar-refractivity contribution in [1.29, 1.82) is 0 Å². The molecule has 1 atom stereocenters. The lowest BCUT2D eigenvalue weighted by atomic mass is 10.1. The van der Waals surface area contributed by atoms with E-state index in [-0.39, 0.29) is 37.7 Å². The molecule has 0 saturated heterocycles. The summed E-state index contributed by atoms with van der Waals surface area (Å²) < 4.78 is 10.8. The second-order valence-electron chi connectivity index (χ2n) is 9.60. The Hall–Kier alpha value is -5.07. The third kappa shape index (κ3) is 6.24. The van der Waals surface area contributed by atoms with E-state index in [1.54, 1.807) is 42.2 Å². The summed E-state index contributed by atoms with van der Waals surface area (Å²) in [5.74, 6) is 1.37. The van der Waals surface area contributed by atoms with Gasteiger partial charge in [-0.25, -0.2) is 24.5 Å². The van der Waals surface area contributed by atoms with Crippen LogP contribution >= 0.6 is 0 Å². The fourth-order valence-corrected chi connectivity index (χ4v) is 4.67. The highest BCUT2D eigenvalue weighted by Crippen LogP contribution is 2.27. The first kappa shape index (κ1) is 27.5. The third-order valence-electron chi connectivity index (χ3n) is 6.72. The van der Waals surface area contributed by atoms with Gasteiger partial charge in [0.15, 0.2) is 5.96 Å². The number of nitrogens with zero attached hydrogens (tertiary/aromatic N) is 4. The van der Waals surface area contributed by atoms with Gasteiger partial charge in [-0.2, -0.15) is 0 Å². The number of carbonyl (C=O) groups excluding carboxylic acids is 2. The highest BCUT2D eigenvalue weighted by Gasteiger charge is 2.26. The minimum absolute atomic E-state index is 0.00788. The molecule has 5 rings (SSSR count).